The van der Waals surface area contributed by atoms with Gasteiger partial charge >= 0.3 is 0 Å². The first-order valence-corrected chi connectivity index (χ1v) is 13.1. The van der Waals surface area contributed by atoms with Gasteiger partial charge in [-0.1, -0.05) is 102 Å². The van der Waals surface area contributed by atoms with E-state index < -0.39 is 5.60 Å². The van der Waals surface area contributed by atoms with Crippen LogP contribution in [-0.4, -0.2) is 10.5 Å². The van der Waals surface area contributed by atoms with Crippen LogP contribution in [0.2, 0.25) is 0 Å². The Morgan fingerprint density at radius 2 is 1.71 bits per heavy atom. The smallest absolute Gasteiger partial charge is 0.270 e. The molecule has 0 N–H and O–H groups in total. The summed E-state index contributed by atoms with van der Waals surface area (Å²) in [6.07, 6.45) is 16.9. The lowest BCUT2D eigenvalue weighted by Crippen LogP contribution is -2.60. The van der Waals surface area contributed by atoms with E-state index in [-0.39, 0.29) is 16.0 Å². The Labute approximate surface area is 204 Å². The first kappa shape index (κ1) is 24.5. The van der Waals surface area contributed by atoms with Crippen molar-refractivity contribution >= 4 is 11.8 Å². The molecule has 0 aromatic heterocycles. The molecule has 2 aliphatic rings. The summed E-state index contributed by atoms with van der Waals surface area (Å²) in [4.78, 5) is 10.9. The van der Waals surface area contributed by atoms with Crippen LogP contribution in [0.5, 0.6) is 5.75 Å². The average molecular weight is 462 g/mol. The molecule has 1 heterocycles. The molecule has 2 unspecified atom stereocenters. The minimum atomic E-state index is -0.467. The number of rotatable bonds is 10. The summed E-state index contributed by atoms with van der Waals surface area (Å²) in [5, 5.41) is 11.3. The van der Waals surface area contributed by atoms with Gasteiger partial charge in [0.25, 0.3) is 5.69 Å². The minimum absolute atomic E-state index is 0.103. The number of nitro benzene ring substituents is 1. The van der Waals surface area contributed by atoms with Crippen molar-refractivity contribution in [2.75, 3.05) is 0 Å². The molecule has 1 aliphatic heterocycles. The van der Waals surface area contributed by atoms with Crippen LogP contribution in [0.3, 0.4) is 0 Å². The molecule has 0 saturated heterocycles. The number of nitrogens with zero attached hydrogens (tertiary/aromatic N) is 1. The summed E-state index contributed by atoms with van der Waals surface area (Å²) in [5.41, 5.74) is 2.98. The monoisotopic (exact) mass is 461 g/mol. The van der Waals surface area contributed by atoms with E-state index in [0.717, 1.165) is 24.2 Å². The third-order valence-electron chi connectivity index (χ3n) is 8.14. The lowest BCUT2D eigenvalue weighted by Gasteiger charge is -2.55. The molecule has 0 fully saturated rings. The van der Waals surface area contributed by atoms with Crippen LogP contribution < -0.4 is 4.74 Å². The summed E-state index contributed by atoms with van der Waals surface area (Å²) in [6, 6.07) is 13.7. The summed E-state index contributed by atoms with van der Waals surface area (Å²) in [7, 11) is 0. The fourth-order valence-electron chi connectivity index (χ4n) is 6.14. The predicted octanol–water partition coefficient (Wildman–Crippen LogP) is 8.42. The Bertz CT molecular complexity index is 1040. The average Bonchev–Trinajstić information content (AvgIpc) is 2.83. The van der Waals surface area contributed by atoms with E-state index in [4.69, 9.17) is 4.74 Å². The number of nitro groups is 1. The molecule has 34 heavy (non-hydrogen) atoms. The van der Waals surface area contributed by atoms with Crippen LogP contribution in [0.1, 0.15) is 95.2 Å². The van der Waals surface area contributed by atoms with E-state index in [2.05, 4.69) is 57.2 Å². The van der Waals surface area contributed by atoms with Crippen molar-refractivity contribution in [1.29, 1.82) is 0 Å². The predicted molar refractivity (Wildman–Crippen MR) is 139 cm³/mol. The van der Waals surface area contributed by atoms with Crippen LogP contribution >= 0.6 is 0 Å². The van der Waals surface area contributed by atoms with Crippen molar-refractivity contribution in [2.45, 2.75) is 96.0 Å². The molecule has 2 aromatic carbocycles. The zero-order valence-electron chi connectivity index (χ0n) is 21.0. The van der Waals surface area contributed by atoms with Crippen molar-refractivity contribution in [3.63, 3.8) is 0 Å². The maximum atomic E-state index is 11.3. The van der Waals surface area contributed by atoms with Crippen LogP contribution in [0.25, 0.3) is 6.08 Å². The van der Waals surface area contributed by atoms with E-state index in [9.17, 15) is 10.1 Å². The summed E-state index contributed by atoms with van der Waals surface area (Å²) < 4.78 is 6.89. The lowest BCUT2D eigenvalue weighted by molar-refractivity contribution is -0.384. The standard InChI is InChI=1S/C30H39NO3/c1-4-5-6-7-8-9-10-11-15-25-21-23-14-12-13-16-27(23)29(2,3)30(25)20-19-24-22-26(31(32)33)17-18-28(24)34-30/h12-14,16-20,22,25H,4-11,15,21H2,1-3H3. The number of hydrogen-bond acceptors (Lipinski definition) is 3. The molecule has 4 rings (SSSR count). The summed E-state index contributed by atoms with van der Waals surface area (Å²) >= 11 is 0. The topological polar surface area (TPSA) is 52.4 Å². The second kappa shape index (κ2) is 10.3. The largest absolute Gasteiger partial charge is 0.481 e. The van der Waals surface area contributed by atoms with Crippen molar-refractivity contribution in [3.05, 3.63) is 75.3 Å². The maximum absolute atomic E-state index is 11.3. The molecule has 2 atom stereocenters. The van der Waals surface area contributed by atoms with Gasteiger partial charge in [0.1, 0.15) is 11.4 Å². The van der Waals surface area contributed by atoms with Crippen molar-refractivity contribution in [3.8, 4) is 5.75 Å². The van der Waals surface area contributed by atoms with Gasteiger partial charge in [-0.15, -0.1) is 0 Å². The number of ether oxygens (including phenoxy) is 1. The molecule has 4 heteroatoms. The maximum Gasteiger partial charge on any atom is 0.270 e. The van der Waals surface area contributed by atoms with E-state index in [0.29, 0.717) is 5.92 Å². The van der Waals surface area contributed by atoms with E-state index in [1.54, 1.807) is 18.2 Å². The number of unbranched alkanes of at least 4 members (excludes halogenated alkanes) is 7. The Morgan fingerprint density at radius 1 is 1.00 bits per heavy atom. The van der Waals surface area contributed by atoms with E-state index in [1.807, 2.05) is 0 Å². The van der Waals surface area contributed by atoms with Crippen LogP contribution in [0.4, 0.5) is 5.69 Å². The van der Waals surface area contributed by atoms with Crippen molar-refractivity contribution < 1.29 is 9.66 Å². The van der Waals surface area contributed by atoms with Crippen LogP contribution in [0, 0.1) is 16.0 Å². The Balaban J connectivity index is 1.56. The van der Waals surface area contributed by atoms with E-state index in [1.165, 1.54) is 62.5 Å². The van der Waals surface area contributed by atoms with E-state index >= 15 is 0 Å². The van der Waals surface area contributed by atoms with Gasteiger partial charge in [0, 0.05) is 29.0 Å². The van der Waals surface area contributed by atoms with Gasteiger partial charge in [-0.05, 0) is 36.1 Å². The van der Waals surface area contributed by atoms with Crippen LogP contribution in [0.15, 0.2) is 48.5 Å². The molecule has 0 saturated carbocycles. The second-order valence-electron chi connectivity index (χ2n) is 10.7. The van der Waals surface area contributed by atoms with Crippen molar-refractivity contribution in [1.82, 2.24) is 0 Å². The molecule has 0 radical (unpaired) electrons. The highest BCUT2D eigenvalue weighted by Gasteiger charge is 2.56. The molecule has 2 aromatic rings. The highest BCUT2D eigenvalue weighted by molar-refractivity contribution is 5.65. The summed E-state index contributed by atoms with van der Waals surface area (Å²) in [6.45, 7) is 6.86. The minimum Gasteiger partial charge on any atom is -0.481 e. The zero-order chi connectivity index (χ0) is 24.2. The number of non-ortho nitro benzene ring substituents is 1. The Kier molecular flexibility index (Phi) is 7.45. The van der Waals surface area contributed by atoms with Crippen molar-refractivity contribution in [2.24, 2.45) is 5.92 Å². The van der Waals surface area contributed by atoms with Gasteiger partial charge in [-0.25, -0.2) is 0 Å². The third-order valence-corrected chi connectivity index (χ3v) is 8.14. The SMILES string of the molecule is CCCCCCCCCCC1Cc2ccccc2C(C)(C)C12C=Cc1cc([N+](=O)[O-])ccc1O2. The van der Waals surface area contributed by atoms with Crippen LogP contribution in [-0.2, 0) is 11.8 Å². The lowest BCUT2D eigenvalue weighted by atomic mass is 9.56. The molecular weight excluding hydrogens is 422 g/mol. The van der Waals surface area contributed by atoms with Gasteiger partial charge in [0.15, 0.2) is 0 Å². The van der Waals surface area contributed by atoms with Gasteiger partial charge < -0.3 is 4.74 Å². The molecule has 182 valence electrons. The Hall–Kier alpha value is -2.62. The van der Waals surface area contributed by atoms with Gasteiger partial charge in [-0.2, -0.15) is 0 Å². The quantitative estimate of drug-likeness (QED) is 0.203. The third kappa shape index (κ3) is 4.64. The first-order valence-electron chi connectivity index (χ1n) is 13.1. The molecule has 1 aliphatic carbocycles. The molecule has 4 nitrogen and oxygen atoms in total. The van der Waals surface area contributed by atoms with Gasteiger partial charge in [0.05, 0.1) is 4.92 Å². The highest BCUT2D eigenvalue weighted by atomic mass is 16.6. The molecule has 1 spiro atoms. The number of hydrogen-bond donors (Lipinski definition) is 0. The normalized spacial score (nSPS) is 22.1. The fraction of sp³-hybridized carbons (Fsp3) is 0.533. The van der Waals surface area contributed by atoms with Gasteiger partial charge in [-0.3, -0.25) is 10.1 Å². The molecule has 0 bridgehead atoms. The fourth-order valence-corrected chi connectivity index (χ4v) is 6.14. The number of benzene rings is 2. The first-order chi connectivity index (χ1) is 16.4. The summed E-state index contributed by atoms with van der Waals surface area (Å²) in [5.74, 6) is 1.11. The second-order valence-corrected chi connectivity index (χ2v) is 10.7. The zero-order valence-corrected chi connectivity index (χ0v) is 21.0. The van der Waals surface area contributed by atoms with Gasteiger partial charge in [0.2, 0.25) is 0 Å². The molecular formula is C30H39NO3. The highest BCUT2D eigenvalue weighted by Crippen LogP contribution is 2.54. The number of fused-ring (bicyclic) bond motifs is 2. The Morgan fingerprint density at radius 3 is 2.44 bits per heavy atom. The molecule has 0 amide bonds.